The standard InChI is InChI=1S/C19H20F2N2O3S2/c1-11(2)6-14-9-15(19(27-14)26-28(24)25)13-7-17(20)16(18(21)8-13)10-23-5-4-22-12(23)3/h4-5,7-9,11,28H,6,10H2,1-3H3. The molecule has 0 aliphatic rings. The number of imidazole rings is 1. The summed E-state index contributed by atoms with van der Waals surface area (Å²) in [5.41, 5.74) is 0.516. The number of halogens is 2. The van der Waals surface area contributed by atoms with E-state index in [1.807, 2.05) is 13.8 Å². The van der Waals surface area contributed by atoms with Gasteiger partial charge in [0.05, 0.1) is 6.54 Å². The van der Waals surface area contributed by atoms with Crippen LogP contribution in [0.15, 0.2) is 30.6 Å². The predicted octanol–water partition coefficient (Wildman–Crippen LogP) is 4.35. The number of aromatic nitrogens is 2. The maximum atomic E-state index is 14.7. The Bertz CT molecular complexity index is 1040. The van der Waals surface area contributed by atoms with Gasteiger partial charge >= 0.3 is 0 Å². The molecule has 3 rings (SSSR count). The van der Waals surface area contributed by atoms with Gasteiger partial charge in [0.2, 0.25) is 5.06 Å². The first kappa shape index (κ1) is 20.5. The summed E-state index contributed by atoms with van der Waals surface area (Å²) in [7, 11) is -3.13. The largest absolute Gasteiger partial charge is 0.372 e. The lowest BCUT2D eigenvalue weighted by atomic mass is 10.0. The van der Waals surface area contributed by atoms with E-state index >= 15 is 0 Å². The second-order valence-corrected chi connectivity index (χ2v) is 8.58. The van der Waals surface area contributed by atoms with Crippen LogP contribution < -0.4 is 4.18 Å². The Hall–Kier alpha value is -2.26. The van der Waals surface area contributed by atoms with Crippen molar-refractivity contribution >= 4 is 22.3 Å². The Morgan fingerprint density at radius 1 is 1.21 bits per heavy atom. The van der Waals surface area contributed by atoms with Crippen LogP contribution >= 0.6 is 11.3 Å². The van der Waals surface area contributed by atoms with Crippen LogP contribution in [0.5, 0.6) is 5.06 Å². The van der Waals surface area contributed by atoms with Crippen LogP contribution in [0.1, 0.15) is 30.1 Å². The number of rotatable bonds is 7. The fourth-order valence-electron chi connectivity index (χ4n) is 2.91. The van der Waals surface area contributed by atoms with Gasteiger partial charge in [-0.05, 0) is 43.0 Å². The van der Waals surface area contributed by atoms with E-state index < -0.39 is 22.6 Å². The highest BCUT2D eigenvalue weighted by atomic mass is 32.2. The fraction of sp³-hybridized carbons (Fsp3) is 0.316. The van der Waals surface area contributed by atoms with Crippen LogP contribution in [0, 0.1) is 24.5 Å². The maximum absolute atomic E-state index is 14.7. The molecule has 1 aromatic carbocycles. The van der Waals surface area contributed by atoms with Crippen LogP contribution in [-0.2, 0) is 24.0 Å². The lowest BCUT2D eigenvalue weighted by Crippen LogP contribution is -2.06. The molecular weight excluding hydrogens is 406 g/mol. The Labute approximate surface area is 167 Å². The van der Waals surface area contributed by atoms with E-state index in [1.54, 1.807) is 30.0 Å². The van der Waals surface area contributed by atoms with E-state index in [0.29, 0.717) is 23.7 Å². The fourth-order valence-corrected chi connectivity index (χ4v) is 4.60. The molecule has 0 saturated carbocycles. The minimum absolute atomic E-state index is 0.0157. The van der Waals surface area contributed by atoms with Crippen molar-refractivity contribution in [2.75, 3.05) is 0 Å². The van der Waals surface area contributed by atoms with Crippen molar-refractivity contribution in [2.24, 2.45) is 5.92 Å². The second kappa shape index (κ2) is 8.40. The van der Waals surface area contributed by atoms with Gasteiger partial charge in [0, 0.05) is 28.4 Å². The Morgan fingerprint density at radius 3 is 2.43 bits per heavy atom. The van der Waals surface area contributed by atoms with Gasteiger partial charge in [-0.2, -0.15) is 8.42 Å². The van der Waals surface area contributed by atoms with Gasteiger partial charge in [-0.1, -0.05) is 13.8 Å². The Balaban J connectivity index is 2.01. The van der Waals surface area contributed by atoms with Crippen molar-refractivity contribution < 1.29 is 21.4 Å². The summed E-state index contributed by atoms with van der Waals surface area (Å²) in [5, 5.41) is 0.115. The van der Waals surface area contributed by atoms with E-state index in [9.17, 15) is 17.2 Å². The first-order valence-corrected chi connectivity index (χ1v) is 10.6. The van der Waals surface area contributed by atoms with Gasteiger partial charge in [-0.3, -0.25) is 0 Å². The zero-order chi connectivity index (χ0) is 20.4. The van der Waals surface area contributed by atoms with Crippen molar-refractivity contribution in [1.29, 1.82) is 0 Å². The molecule has 0 N–H and O–H groups in total. The summed E-state index contributed by atoms with van der Waals surface area (Å²) >= 11 is 1.17. The average molecular weight is 427 g/mol. The smallest absolute Gasteiger partial charge is 0.299 e. The lowest BCUT2D eigenvalue weighted by molar-refractivity contribution is 0.518. The highest BCUT2D eigenvalue weighted by Crippen LogP contribution is 2.40. The van der Waals surface area contributed by atoms with E-state index in [2.05, 4.69) is 4.98 Å². The minimum Gasteiger partial charge on any atom is -0.372 e. The second-order valence-electron chi connectivity index (χ2n) is 6.85. The first-order chi connectivity index (χ1) is 13.2. The number of hydrogen-bond acceptors (Lipinski definition) is 5. The quantitative estimate of drug-likeness (QED) is 0.571. The number of benzene rings is 1. The van der Waals surface area contributed by atoms with E-state index in [0.717, 1.165) is 4.88 Å². The van der Waals surface area contributed by atoms with E-state index in [4.69, 9.17) is 4.18 Å². The van der Waals surface area contributed by atoms with Crippen molar-refractivity contribution in [3.05, 3.63) is 58.5 Å². The van der Waals surface area contributed by atoms with Gasteiger partial charge in [0.15, 0.2) is 0 Å². The van der Waals surface area contributed by atoms with Crippen LogP contribution in [0.4, 0.5) is 8.78 Å². The monoisotopic (exact) mass is 426 g/mol. The van der Waals surface area contributed by atoms with Crippen molar-refractivity contribution in [1.82, 2.24) is 9.55 Å². The highest BCUT2D eigenvalue weighted by molar-refractivity contribution is 7.67. The van der Waals surface area contributed by atoms with Gasteiger partial charge in [-0.15, -0.1) is 11.3 Å². The third-order valence-corrected chi connectivity index (χ3v) is 5.71. The third-order valence-electron chi connectivity index (χ3n) is 4.22. The molecule has 0 saturated heterocycles. The molecule has 5 nitrogen and oxygen atoms in total. The summed E-state index contributed by atoms with van der Waals surface area (Å²) in [6, 6.07) is 4.14. The molecule has 0 unspecified atom stereocenters. The molecule has 9 heteroatoms. The molecule has 28 heavy (non-hydrogen) atoms. The van der Waals surface area contributed by atoms with Crippen molar-refractivity contribution in [2.45, 2.75) is 33.7 Å². The van der Waals surface area contributed by atoms with Crippen molar-refractivity contribution in [3.63, 3.8) is 0 Å². The summed E-state index contributed by atoms with van der Waals surface area (Å²) in [4.78, 5) is 4.93. The molecule has 0 aliphatic carbocycles. The zero-order valence-electron chi connectivity index (χ0n) is 15.6. The maximum Gasteiger partial charge on any atom is 0.299 e. The van der Waals surface area contributed by atoms with E-state index in [1.165, 1.54) is 23.5 Å². The first-order valence-electron chi connectivity index (χ1n) is 8.65. The molecule has 0 amide bonds. The number of thiophene rings is 1. The minimum atomic E-state index is -3.13. The summed E-state index contributed by atoms with van der Waals surface area (Å²) < 4.78 is 58.0. The molecule has 2 aromatic heterocycles. The molecule has 150 valence electrons. The summed E-state index contributed by atoms with van der Waals surface area (Å²) in [6.07, 6.45) is 3.92. The third kappa shape index (κ3) is 4.59. The summed E-state index contributed by atoms with van der Waals surface area (Å²) in [6.45, 7) is 5.82. The average Bonchev–Trinajstić information content (AvgIpc) is 3.16. The molecular formula is C19H20F2N2O3S2. The van der Waals surface area contributed by atoms with Gasteiger partial charge in [-0.25, -0.2) is 13.8 Å². The van der Waals surface area contributed by atoms with Gasteiger partial charge in [0.25, 0.3) is 11.0 Å². The van der Waals surface area contributed by atoms with Crippen LogP contribution in [0.25, 0.3) is 11.1 Å². The molecule has 0 bridgehead atoms. The zero-order valence-corrected chi connectivity index (χ0v) is 17.3. The summed E-state index contributed by atoms with van der Waals surface area (Å²) in [5.74, 6) is -0.432. The van der Waals surface area contributed by atoms with Gasteiger partial charge in [0.1, 0.15) is 17.5 Å². The van der Waals surface area contributed by atoms with Crippen LogP contribution in [0.2, 0.25) is 0 Å². The molecule has 0 atom stereocenters. The number of hydrogen-bond donors (Lipinski definition) is 1. The van der Waals surface area contributed by atoms with E-state index in [-0.39, 0.29) is 22.7 Å². The Kier molecular flexibility index (Phi) is 6.14. The normalized spacial score (nSPS) is 11.5. The predicted molar refractivity (Wildman–Crippen MR) is 105 cm³/mol. The molecule has 0 spiro atoms. The molecule has 0 aliphatic heterocycles. The SMILES string of the molecule is Cc1nccn1Cc1c(F)cc(-c2cc(CC(C)C)sc2O[SH](=O)=O)cc1F. The highest BCUT2D eigenvalue weighted by Gasteiger charge is 2.19. The number of thiol groups is 1. The number of nitrogens with zero attached hydrogens (tertiary/aromatic N) is 2. The van der Waals surface area contributed by atoms with Gasteiger partial charge < -0.3 is 8.75 Å². The molecule has 0 radical (unpaired) electrons. The Morgan fingerprint density at radius 2 is 1.89 bits per heavy atom. The van der Waals surface area contributed by atoms with Crippen LogP contribution in [0.3, 0.4) is 0 Å². The lowest BCUT2D eigenvalue weighted by Gasteiger charge is -2.10. The van der Waals surface area contributed by atoms with Crippen LogP contribution in [-0.4, -0.2) is 18.0 Å². The number of aryl methyl sites for hydroxylation is 1. The molecule has 2 heterocycles. The van der Waals surface area contributed by atoms with Crippen molar-refractivity contribution in [3.8, 4) is 16.2 Å². The topological polar surface area (TPSA) is 61.2 Å². The molecule has 0 fully saturated rings. The molecule has 3 aromatic rings.